The molecule has 0 unspecified atom stereocenters. The van der Waals surface area contributed by atoms with E-state index in [0.717, 1.165) is 23.9 Å². The molecule has 1 aromatic carbocycles. The summed E-state index contributed by atoms with van der Waals surface area (Å²) in [6, 6.07) is 7.92. The summed E-state index contributed by atoms with van der Waals surface area (Å²) in [5.74, 6) is 1.50. The Bertz CT molecular complexity index is 560. The Morgan fingerprint density at radius 3 is 2.76 bits per heavy atom. The molecule has 1 saturated carbocycles. The lowest BCUT2D eigenvalue weighted by Crippen LogP contribution is -2.42. The van der Waals surface area contributed by atoms with Crippen molar-refractivity contribution in [3.8, 4) is 5.75 Å². The number of nitrogens with one attached hydrogen (secondary N) is 3. The number of hydrogen-bond acceptors (Lipinski definition) is 3. The molecule has 0 spiro atoms. The number of carbonyl (C=O) groups is 1. The van der Waals surface area contributed by atoms with Gasteiger partial charge >= 0.3 is 0 Å². The number of hydrogen-bond donors (Lipinski definition) is 3. The summed E-state index contributed by atoms with van der Waals surface area (Å²) in [5, 5.41) is 9.50. The molecule has 1 aromatic rings. The Morgan fingerprint density at radius 2 is 2.08 bits per heavy atom. The molecule has 140 valence electrons. The SMILES string of the molecule is CCNC(=NCCOc1cccc(NC(C)=O)c1)NC1CCCC1.I. The molecule has 7 heteroatoms. The predicted molar refractivity (Wildman–Crippen MR) is 113 cm³/mol. The first-order chi connectivity index (χ1) is 11.7. The van der Waals surface area contributed by atoms with E-state index >= 15 is 0 Å². The van der Waals surface area contributed by atoms with Crippen molar-refractivity contribution in [1.29, 1.82) is 0 Å². The first-order valence-electron chi connectivity index (χ1n) is 8.72. The van der Waals surface area contributed by atoms with Gasteiger partial charge in [0.15, 0.2) is 5.96 Å². The highest BCUT2D eigenvalue weighted by atomic mass is 127. The molecule has 1 aliphatic rings. The largest absolute Gasteiger partial charge is 0.492 e. The molecule has 3 N–H and O–H groups in total. The van der Waals surface area contributed by atoms with E-state index in [1.807, 2.05) is 24.3 Å². The number of halogens is 1. The van der Waals surface area contributed by atoms with Crippen molar-refractivity contribution in [2.75, 3.05) is 25.0 Å². The molecule has 25 heavy (non-hydrogen) atoms. The first-order valence-corrected chi connectivity index (χ1v) is 8.72. The third kappa shape index (κ3) is 8.42. The van der Waals surface area contributed by atoms with Gasteiger partial charge in [-0.15, -0.1) is 24.0 Å². The Morgan fingerprint density at radius 1 is 1.32 bits per heavy atom. The van der Waals surface area contributed by atoms with Gasteiger partial charge in [0.1, 0.15) is 12.4 Å². The van der Waals surface area contributed by atoms with Gasteiger partial charge in [-0.2, -0.15) is 0 Å². The maximum absolute atomic E-state index is 11.1. The first kappa shape index (κ1) is 21.5. The molecule has 0 aromatic heterocycles. The number of rotatable bonds is 7. The summed E-state index contributed by atoms with van der Waals surface area (Å²) in [5.41, 5.74) is 0.736. The number of benzene rings is 1. The number of nitrogens with zero attached hydrogens (tertiary/aromatic N) is 1. The Labute approximate surface area is 167 Å². The van der Waals surface area contributed by atoms with E-state index in [1.54, 1.807) is 0 Å². The van der Waals surface area contributed by atoms with Crippen LogP contribution in [-0.2, 0) is 4.79 Å². The molecule has 0 bridgehead atoms. The summed E-state index contributed by atoms with van der Waals surface area (Å²) >= 11 is 0. The second kappa shape index (κ2) is 11.9. The van der Waals surface area contributed by atoms with E-state index in [0.29, 0.717) is 19.2 Å². The second-order valence-electron chi connectivity index (χ2n) is 5.94. The van der Waals surface area contributed by atoms with Crippen molar-refractivity contribution < 1.29 is 9.53 Å². The van der Waals surface area contributed by atoms with Gasteiger partial charge in [0.25, 0.3) is 0 Å². The monoisotopic (exact) mass is 460 g/mol. The number of guanidine groups is 1. The maximum Gasteiger partial charge on any atom is 0.221 e. The lowest BCUT2D eigenvalue weighted by Gasteiger charge is -2.16. The minimum Gasteiger partial charge on any atom is -0.492 e. The summed E-state index contributed by atoms with van der Waals surface area (Å²) < 4.78 is 5.71. The highest BCUT2D eigenvalue weighted by Crippen LogP contribution is 2.18. The Hall–Kier alpha value is -1.51. The Balaban J connectivity index is 0.00000312. The molecule has 1 aliphatic carbocycles. The van der Waals surface area contributed by atoms with Gasteiger partial charge in [-0.3, -0.25) is 4.79 Å². The van der Waals surface area contributed by atoms with E-state index in [2.05, 4.69) is 27.9 Å². The van der Waals surface area contributed by atoms with Gasteiger partial charge in [0.2, 0.25) is 5.91 Å². The van der Waals surface area contributed by atoms with Crippen molar-refractivity contribution in [3.63, 3.8) is 0 Å². The van der Waals surface area contributed by atoms with Crippen LogP contribution < -0.4 is 20.7 Å². The molecule has 0 saturated heterocycles. The smallest absolute Gasteiger partial charge is 0.221 e. The van der Waals surface area contributed by atoms with E-state index < -0.39 is 0 Å². The predicted octanol–water partition coefficient (Wildman–Crippen LogP) is 3.14. The standard InChI is InChI=1S/C18H28N4O2.HI/c1-3-19-18(22-15-7-4-5-8-15)20-11-12-24-17-10-6-9-16(13-17)21-14(2)23;/h6,9-10,13,15H,3-5,7-8,11-12H2,1-2H3,(H,21,23)(H2,19,20,22);1H. The third-order valence-corrected chi connectivity index (χ3v) is 3.82. The quantitative estimate of drug-likeness (QED) is 0.253. The fourth-order valence-electron chi connectivity index (χ4n) is 2.77. The summed E-state index contributed by atoms with van der Waals surface area (Å²) in [4.78, 5) is 15.6. The molecular weight excluding hydrogens is 431 g/mol. The van der Waals surface area contributed by atoms with Gasteiger partial charge in [0.05, 0.1) is 6.54 Å². The van der Waals surface area contributed by atoms with Crippen LogP contribution in [0.25, 0.3) is 0 Å². The molecule has 1 amide bonds. The fourth-order valence-corrected chi connectivity index (χ4v) is 2.77. The van der Waals surface area contributed by atoms with Gasteiger partial charge < -0.3 is 20.7 Å². The maximum atomic E-state index is 11.1. The minimum atomic E-state index is -0.0926. The minimum absolute atomic E-state index is 0. The highest BCUT2D eigenvalue weighted by molar-refractivity contribution is 14.0. The zero-order valence-electron chi connectivity index (χ0n) is 15.0. The molecule has 0 atom stereocenters. The normalized spacial score (nSPS) is 14.6. The molecule has 2 rings (SSSR count). The van der Waals surface area contributed by atoms with Gasteiger partial charge in [-0.05, 0) is 31.9 Å². The molecule has 0 radical (unpaired) electrons. The van der Waals surface area contributed by atoms with Gasteiger partial charge in [-0.1, -0.05) is 18.9 Å². The van der Waals surface area contributed by atoms with Crippen LogP contribution in [0.3, 0.4) is 0 Å². The van der Waals surface area contributed by atoms with Gasteiger partial charge in [-0.25, -0.2) is 4.99 Å². The van der Waals surface area contributed by atoms with E-state index in [4.69, 9.17) is 4.74 Å². The second-order valence-corrected chi connectivity index (χ2v) is 5.94. The van der Waals surface area contributed by atoms with Crippen molar-refractivity contribution in [1.82, 2.24) is 10.6 Å². The average molecular weight is 460 g/mol. The fraction of sp³-hybridized carbons (Fsp3) is 0.556. The summed E-state index contributed by atoms with van der Waals surface area (Å²) in [7, 11) is 0. The van der Waals surface area contributed by atoms with Crippen molar-refractivity contribution in [3.05, 3.63) is 24.3 Å². The number of aliphatic imine (C=N–C) groups is 1. The third-order valence-electron chi connectivity index (χ3n) is 3.82. The zero-order valence-corrected chi connectivity index (χ0v) is 17.3. The van der Waals surface area contributed by atoms with Crippen LogP contribution in [0.2, 0.25) is 0 Å². The van der Waals surface area contributed by atoms with Crippen LogP contribution in [0.1, 0.15) is 39.5 Å². The summed E-state index contributed by atoms with van der Waals surface area (Å²) in [6.07, 6.45) is 5.03. The molecule has 0 heterocycles. The number of carbonyl (C=O) groups excluding carboxylic acids is 1. The lowest BCUT2D eigenvalue weighted by atomic mass is 10.2. The highest BCUT2D eigenvalue weighted by Gasteiger charge is 2.15. The molecule has 0 aliphatic heterocycles. The number of ether oxygens (including phenoxy) is 1. The molecule has 1 fully saturated rings. The topological polar surface area (TPSA) is 74.8 Å². The van der Waals surface area contributed by atoms with Crippen LogP contribution in [0.15, 0.2) is 29.3 Å². The van der Waals surface area contributed by atoms with Gasteiger partial charge in [0, 0.05) is 31.3 Å². The molecular formula is C18H29IN4O2. The van der Waals surface area contributed by atoms with Crippen molar-refractivity contribution in [2.45, 2.75) is 45.6 Å². The van der Waals surface area contributed by atoms with E-state index in [1.165, 1.54) is 32.6 Å². The molecule has 6 nitrogen and oxygen atoms in total. The summed E-state index contributed by atoms with van der Waals surface area (Å²) in [6.45, 7) is 5.47. The van der Waals surface area contributed by atoms with E-state index in [-0.39, 0.29) is 29.9 Å². The van der Waals surface area contributed by atoms with Crippen LogP contribution >= 0.6 is 24.0 Å². The van der Waals surface area contributed by atoms with Crippen LogP contribution in [0, 0.1) is 0 Å². The zero-order chi connectivity index (χ0) is 17.2. The van der Waals surface area contributed by atoms with Crippen molar-refractivity contribution in [2.24, 2.45) is 4.99 Å². The average Bonchev–Trinajstić information content (AvgIpc) is 3.04. The van der Waals surface area contributed by atoms with Crippen molar-refractivity contribution >= 4 is 41.5 Å². The van der Waals surface area contributed by atoms with E-state index in [9.17, 15) is 4.79 Å². The number of amides is 1. The number of anilines is 1. The lowest BCUT2D eigenvalue weighted by molar-refractivity contribution is -0.114. The van der Waals surface area contributed by atoms with Crippen LogP contribution in [0.5, 0.6) is 5.75 Å². The van der Waals surface area contributed by atoms with Crippen LogP contribution in [0.4, 0.5) is 5.69 Å². The Kier molecular flexibility index (Phi) is 10.3. The van der Waals surface area contributed by atoms with Crippen LogP contribution in [-0.4, -0.2) is 37.6 Å².